The summed E-state index contributed by atoms with van der Waals surface area (Å²) in [7, 11) is 1.26. The summed E-state index contributed by atoms with van der Waals surface area (Å²) in [6.07, 6.45) is 0.622. The van der Waals surface area contributed by atoms with Crippen LogP contribution in [0, 0.1) is 5.92 Å². The average Bonchev–Trinajstić information content (AvgIpc) is 2.60. The van der Waals surface area contributed by atoms with Crippen molar-refractivity contribution in [3.8, 4) is 0 Å². The van der Waals surface area contributed by atoms with Crippen molar-refractivity contribution in [3.63, 3.8) is 0 Å². The molecule has 1 aromatic rings. The summed E-state index contributed by atoms with van der Waals surface area (Å²) in [5.74, 6) is -0.787. The van der Waals surface area contributed by atoms with Crippen molar-refractivity contribution in [2.45, 2.75) is 37.6 Å². The minimum atomic E-state index is -0.744. The van der Waals surface area contributed by atoms with E-state index < -0.39 is 30.5 Å². The van der Waals surface area contributed by atoms with E-state index in [0.29, 0.717) is 17.2 Å². The van der Waals surface area contributed by atoms with E-state index in [0.717, 1.165) is 4.90 Å². The van der Waals surface area contributed by atoms with E-state index in [1.165, 1.54) is 18.9 Å². The highest BCUT2D eigenvalue weighted by Crippen LogP contribution is 2.21. The molecular weight excluding hydrogens is 378 g/mol. The molecule has 144 valence electrons. The molecule has 0 unspecified atom stereocenters. The van der Waals surface area contributed by atoms with Gasteiger partial charge in [0.05, 0.1) is 13.5 Å². The quantitative estimate of drug-likeness (QED) is 0.479. The first-order chi connectivity index (χ1) is 12.3. The van der Waals surface area contributed by atoms with Crippen LogP contribution in [0.15, 0.2) is 29.2 Å². The van der Waals surface area contributed by atoms with Gasteiger partial charge in [-0.25, -0.2) is 4.79 Å². The predicted octanol–water partition coefficient (Wildman–Crippen LogP) is 3.07. The molecule has 0 radical (unpaired) electrons. The van der Waals surface area contributed by atoms with E-state index in [2.05, 4.69) is 10.1 Å². The monoisotopic (exact) mass is 401 g/mol. The summed E-state index contributed by atoms with van der Waals surface area (Å²) in [4.78, 5) is 36.2. The fourth-order valence-corrected chi connectivity index (χ4v) is 3.02. The van der Waals surface area contributed by atoms with Crippen molar-refractivity contribution in [1.29, 1.82) is 0 Å². The summed E-state index contributed by atoms with van der Waals surface area (Å²) < 4.78 is 9.61. The maximum absolute atomic E-state index is 11.9. The van der Waals surface area contributed by atoms with Crippen molar-refractivity contribution in [3.05, 3.63) is 29.3 Å². The SMILES string of the molecule is COC(=O)[C@@H](CC(C)C)NC(=O)COC(=O)CCSc1ccc(Cl)cc1. The number of rotatable bonds is 10. The standard InChI is InChI=1S/C18H24ClNO5S/c1-12(2)10-15(18(23)24-3)20-16(21)11-25-17(22)8-9-26-14-6-4-13(19)5-7-14/h4-7,12,15H,8-11H2,1-3H3,(H,20,21)/t15-/m1/s1. The number of hydrogen-bond donors (Lipinski definition) is 1. The number of methoxy groups -OCH3 is 1. The summed E-state index contributed by atoms with van der Waals surface area (Å²) in [5.41, 5.74) is 0. The number of benzene rings is 1. The lowest BCUT2D eigenvalue weighted by atomic mass is 10.0. The first-order valence-corrected chi connectivity index (χ1v) is 9.59. The van der Waals surface area contributed by atoms with E-state index >= 15 is 0 Å². The van der Waals surface area contributed by atoms with Gasteiger partial charge in [-0.2, -0.15) is 0 Å². The van der Waals surface area contributed by atoms with Crippen molar-refractivity contribution in [2.24, 2.45) is 5.92 Å². The molecule has 0 aliphatic carbocycles. The van der Waals surface area contributed by atoms with Gasteiger partial charge in [-0.1, -0.05) is 25.4 Å². The number of hydrogen-bond acceptors (Lipinski definition) is 6. The maximum atomic E-state index is 11.9. The molecule has 6 nitrogen and oxygen atoms in total. The molecule has 1 aromatic carbocycles. The summed E-state index contributed by atoms with van der Waals surface area (Å²) in [6, 6.07) is 6.55. The minimum absolute atomic E-state index is 0.174. The molecule has 0 aromatic heterocycles. The van der Waals surface area contributed by atoms with Crippen LogP contribution in [0.5, 0.6) is 0 Å². The highest BCUT2D eigenvalue weighted by atomic mass is 35.5. The molecule has 0 fully saturated rings. The van der Waals surface area contributed by atoms with E-state index in [1.54, 1.807) is 12.1 Å². The Balaban J connectivity index is 2.30. The molecule has 1 rings (SSSR count). The fraction of sp³-hybridized carbons (Fsp3) is 0.500. The Kier molecular flexibility index (Phi) is 10.1. The topological polar surface area (TPSA) is 81.7 Å². The predicted molar refractivity (Wildman–Crippen MR) is 101 cm³/mol. The number of halogens is 1. The largest absolute Gasteiger partial charge is 0.467 e. The molecule has 0 saturated heterocycles. The van der Waals surface area contributed by atoms with Crippen LogP contribution in [0.1, 0.15) is 26.7 Å². The van der Waals surface area contributed by atoms with Crippen molar-refractivity contribution in [1.82, 2.24) is 5.32 Å². The zero-order valence-electron chi connectivity index (χ0n) is 15.1. The highest BCUT2D eigenvalue weighted by Gasteiger charge is 2.23. The molecule has 1 atom stereocenters. The number of carbonyl (C=O) groups is 3. The van der Waals surface area contributed by atoms with Gasteiger partial charge in [-0.05, 0) is 36.6 Å². The molecule has 0 spiro atoms. The van der Waals surface area contributed by atoms with Crippen LogP contribution in [0.2, 0.25) is 5.02 Å². The van der Waals surface area contributed by atoms with E-state index in [-0.39, 0.29) is 12.3 Å². The number of nitrogens with one attached hydrogen (secondary N) is 1. The highest BCUT2D eigenvalue weighted by molar-refractivity contribution is 7.99. The lowest BCUT2D eigenvalue weighted by molar-refractivity contribution is -0.150. The Hall–Kier alpha value is -1.73. The van der Waals surface area contributed by atoms with Crippen molar-refractivity contribution < 1.29 is 23.9 Å². The third kappa shape index (κ3) is 9.10. The van der Waals surface area contributed by atoms with Crippen LogP contribution in [-0.4, -0.2) is 43.4 Å². The Bertz CT molecular complexity index is 606. The van der Waals surface area contributed by atoms with Crippen LogP contribution < -0.4 is 5.32 Å². The van der Waals surface area contributed by atoms with Gasteiger partial charge >= 0.3 is 11.9 Å². The van der Waals surface area contributed by atoms with E-state index in [9.17, 15) is 14.4 Å². The van der Waals surface area contributed by atoms with Gasteiger partial charge in [0.25, 0.3) is 5.91 Å². The molecule has 0 aliphatic rings. The molecule has 0 bridgehead atoms. The van der Waals surface area contributed by atoms with Gasteiger partial charge in [0.2, 0.25) is 0 Å². The molecule has 0 heterocycles. The molecule has 26 heavy (non-hydrogen) atoms. The van der Waals surface area contributed by atoms with Gasteiger partial charge in [0.15, 0.2) is 6.61 Å². The Morgan fingerprint density at radius 2 is 1.85 bits per heavy atom. The second-order valence-electron chi connectivity index (χ2n) is 5.99. The molecular formula is C18H24ClNO5S. The number of thioether (sulfide) groups is 1. The molecule has 1 N–H and O–H groups in total. The normalized spacial score (nSPS) is 11.7. The van der Waals surface area contributed by atoms with Crippen molar-refractivity contribution in [2.75, 3.05) is 19.5 Å². The average molecular weight is 402 g/mol. The van der Waals surface area contributed by atoms with E-state index in [4.69, 9.17) is 16.3 Å². The zero-order valence-corrected chi connectivity index (χ0v) is 16.7. The number of amides is 1. The molecule has 0 aliphatic heterocycles. The van der Waals surface area contributed by atoms with Gasteiger partial charge in [-0.3, -0.25) is 9.59 Å². The Morgan fingerprint density at radius 3 is 2.42 bits per heavy atom. The van der Waals surface area contributed by atoms with Crippen LogP contribution in [0.25, 0.3) is 0 Å². The first kappa shape index (κ1) is 22.3. The molecule has 0 saturated carbocycles. The Labute approximate surface area is 162 Å². The fourth-order valence-electron chi connectivity index (χ4n) is 2.06. The second kappa shape index (κ2) is 11.8. The second-order valence-corrected chi connectivity index (χ2v) is 7.59. The van der Waals surface area contributed by atoms with Gasteiger partial charge in [0, 0.05) is 15.7 Å². The van der Waals surface area contributed by atoms with E-state index in [1.807, 2.05) is 26.0 Å². The zero-order chi connectivity index (χ0) is 19.5. The summed E-state index contributed by atoms with van der Waals surface area (Å²) in [6.45, 7) is 3.44. The number of ether oxygens (including phenoxy) is 2. The maximum Gasteiger partial charge on any atom is 0.328 e. The minimum Gasteiger partial charge on any atom is -0.467 e. The van der Waals surface area contributed by atoms with Gasteiger partial charge in [0.1, 0.15) is 6.04 Å². The number of esters is 2. The van der Waals surface area contributed by atoms with Gasteiger partial charge in [-0.15, -0.1) is 11.8 Å². The summed E-state index contributed by atoms with van der Waals surface area (Å²) in [5, 5.41) is 3.19. The van der Waals surface area contributed by atoms with Crippen LogP contribution >= 0.6 is 23.4 Å². The third-order valence-corrected chi connectivity index (χ3v) is 4.55. The van der Waals surface area contributed by atoms with Crippen LogP contribution in [0.3, 0.4) is 0 Å². The third-order valence-electron chi connectivity index (χ3n) is 3.28. The Morgan fingerprint density at radius 1 is 1.19 bits per heavy atom. The molecule has 8 heteroatoms. The lowest BCUT2D eigenvalue weighted by Gasteiger charge is -2.18. The number of carbonyl (C=O) groups excluding carboxylic acids is 3. The smallest absolute Gasteiger partial charge is 0.328 e. The first-order valence-electron chi connectivity index (χ1n) is 8.23. The van der Waals surface area contributed by atoms with Crippen molar-refractivity contribution >= 4 is 41.2 Å². The van der Waals surface area contributed by atoms with Gasteiger partial charge < -0.3 is 14.8 Å². The van der Waals surface area contributed by atoms with Crippen LogP contribution in [-0.2, 0) is 23.9 Å². The van der Waals surface area contributed by atoms with Crippen LogP contribution in [0.4, 0.5) is 0 Å². The summed E-state index contributed by atoms with van der Waals surface area (Å²) >= 11 is 7.30. The molecule has 1 amide bonds. The lowest BCUT2D eigenvalue weighted by Crippen LogP contribution is -2.44.